The van der Waals surface area contributed by atoms with Crippen LogP contribution in [0.15, 0.2) is 11.6 Å². The van der Waals surface area contributed by atoms with Crippen LogP contribution in [0.4, 0.5) is 0 Å². The van der Waals surface area contributed by atoms with Crippen LogP contribution in [-0.4, -0.2) is 36.5 Å². The zero-order valence-corrected chi connectivity index (χ0v) is 19.8. The fourth-order valence-electron chi connectivity index (χ4n) is 8.93. The highest BCUT2D eigenvalue weighted by Crippen LogP contribution is 2.67. The van der Waals surface area contributed by atoms with Gasteiger partial charge < -0.3 is 14.6 Å². The van der Waals surface area contributed by atoms with Gasteiger partial charge in [-0.1, -0.05) is 25.5 Å². The fraction of sp³-hybridized carbons (Fsp3) is 0.889. The zero-order chi connectivity index (χ0) is 21.8. The standard InChI is InChI=1S/C27H42O4/c1-17(29)25-18(16-28)14-23-21-8-7-19-15-20(31-24-6-4-5-13-30-24)9-11-26(19,2)22(21)10-12-27(23,25)3/h7,18,20-25,28H,4-6,8-16H2,1-3H3/t18-,20-,21+,22-,23-,24?,25-,26-,27-/m0/s1. The van der Waals surface area contributed by atoms with Crippen LogP contribution in [0.5, 0.6) is 0 Å². The summed E-state index contributed by atoms with van der Waals surface area (Å²) in [6, 6.07) is 0. The maximum Gasteiger partial charge on any atom is 0.157 e. The lowest BCUT2D eigenvalue weighted by Gasteiger charge is -2.58. The number of aliphatic hydroxyl groups excluding tert-OH is 1. The Morgan fingerprint density at radius 3 is 2.74 bits per heavy atom. The van der Waals surface area contributed by atoms with E-state index in [9.17, 15) is 9.90 Å². The largest absolute Gasteiger partial charge is 0.396 e. The number of aliphatic hydroxyl groups is 1. The molecule has 3 saturated carbocycles. The van der Waals surface area contributed by atoms with Gasteiger partial charge in [-0.05, 0) is 106 Å². The van der Waals surface area contributed by atoms with Crippen LogP contribution in [0.25, 0.3) is 0 Å². The van der Waals surface area contributed by atoms with Crippen LogP contribution < -0.4 is 0 Å². The van der Waals surface area contributed by atoms with Crippen LogP contribution in [0.1, 0.15) is 85.0 Å². The van der Waals surface area contributed by atoms with Gasteiger partial charge in [0, 0.05) is 19.1 Å². The molecule has 31 heavy (non-hydrogen) atoms. The maximum absolute atomic E-state index is 12.6. The van der Waals surface area contributed by atoms with Gasteiger partial charge in [-0.2, -0.15) is 0 Å². The Morgan fingerprint density at radius 2 is 2.03 bits per heavy atom. The van der Waals surface area contributed by atoms with E-state index in [4.69, 9.17) is 9.47 Å². The molecule has 1 N–H and O–H groups in total. The second kappa shape index (κ2) is 8.25. The smallest absolute Gasteiger partial charge is 0.157 e. The van der Waals surface area contributed by atoms with Crippen molar-refractivity contribution in [2.45, 2.75) is 97.4 Å². The quantitative estimate of drug-likeness (QED) is 0.616. The number of ketones is 1. The first-order valence-electron chi connectivity index (χ1n) is 12.9. The van der Waals surface area contributed by atoms with Crippen LogP contribution in [0, 0.1) is 40.4 Å². The molecule has 9 atom stereocenters. The van der Waals surface area contributed by atoms with E-state index in [0.29, 0.717) is 29.6 Å². The van der Waals surface area contributed by atoms with Crippen molar-refractivity contribution in [1.82, 2.24) is 0 Å². The molecule has 0 radical (unpaired) electrons. The Hall–Kier alpha value is -0.710. The van der Waals surface area contributed by atoms with Crippen molar-refractivity contribution in [3.05, 3.63) is 11.6 Å². The summed E-state index contributed by atoms with van der Waals surface area (Å²) in [6.45, 7) is 7.65. The van der Waals surface area contributed by atoms with Crippen LogP contribution in [-0.2, 0) is 14.3 Å². The Morgan fingerprint density at radius 1 is 1.19 bits per heavy atom. The molecule has 4 nitrogen and oxygen atoms in total. The second-order valence-corrected chi connectivity index (χ2v) is 11.9. The molecule has 0 aromatic carbocycles. The topological polar surface area (TPSA) is 55.8 Å². The number of Topliss-reactive ketones (excluding diaryl/α,β-unsaturated/α-hetero) is 1. The first-order valence-corrected chi connectivity index (χ1v) is 12.9. The monoisotopic (exact) mass is 430 g/mol. The average molecular weight is 431 g/mol. The molecule has 1 unspecified atom stereocenters. The van der Waals surface area contributed by atoms with Gasteiger partial charge in [-0.25, -0.2) is 0 Å². The maximum atomic E-state index is 12.6. The third-order valence-electron chi connectivity index (χ3n) is 10.4. The van der Waals surface area contributed by atoms with E-state index in [0.717, 1.165) is 45.1 Å². The van der Waals surface area contributed by atoms with Gasteiger partial charge in [0.1, 0.15) is 5.78 Å². The summed E-state index contributed by atoms with van der Waals surface area (Å²) in [5.74, 6) is 2.43. The number of rotatable bonds is 4. The first kappa shape index (κ1) is 22.1. The molecule has 0 aromatic heterocycles. The number of hydrogen-bond donors (Lipinski definition) is 1. The molecule has 4 heteroatoms. The van der Waals surface area contributed by atoms with Crippen LogP contribution in [0.3, 0.4) is 0 Å². The van der Waals surface area contributed by atoms with Crippen molar-refractivity contribution in [3.63, 3.8) is 0 Å². The Labute approximate surface area is 188 Å². The predicted octanol–water partition coefficient (Wildman–Crippen LogP) is 5.28. The SMILES string of the molecule is CC(=O)[C@H]1[C@H](CO)C[C@H]2[C@@H]3CC=C4C[C@@H](OC5CCCCO5)CC[C@]4(C)[C@H]3CC[C@@]21C. The number of allylic oxidation sites excluding steroid dienone is 1. The number of carbonyl (C=O) groups excluding carboxylic acids is 1. The molecule has 5 aliphatic rings. The molecule has 174 valence electrons. The highest BCUT2D eigenvalue weighted by atomic mass is 16.7. The highest BCUT2D eigenvalue weighted by molar-refractivity contribution is 5.80. The second-order valence-electron chi connectivity index (χ2n) is 11.9. The van der Waals surface area contributed by atoms with E-state index in [1.165, 1.54) is 25.7 Å². The molecule has 4 aliphatic carbocycles. The van der Waals surface area contributed by atoms with E-state index in [1.54, 1.807) is 12.5 Å². The summed E-state index contributed by atoms with van der Waals surface area (Å²) < 4.78 is 12.2. The summed E-state index contributed by atoms with van der Waals surface area (Å²) >= 11 is 0. The van der Waals surface area contributed by atoms with Crippen LogP contribution in [0.2, 0.25) is 0 Å². The fourth-order valence-corrected chi connectivity index (χ4v) is 8.93. The molecule has 1 heterocycles. The van der Waals surface area contributed by atoms with Gasteiger partial charge in [0.05, 0.1) is 6.10 Å². The van der Waals surface area contributed by atoms with Gasteiger partial charge in [0.2, 0.25) is 0 Å². The summed E-state index contributed by atoms with van der Waals surface area (Å²) in [6.07, 6.45) is 14.2. The number of fused-ring (bicyclic) bond motifs is 5. The molecule has 0 spiro atoms. The van der Waals surface area contributed by atoms with Gasteiger partial charge in [-0.15, -0.1) is 0 Å². The lowest BCUT2D eigenvalue weighted by Crippen LogP contribution is -2.51. The van der Waals surface area contributed by atoms with E-state index in [1.807, 2.05) is 0 Å². The predicted molar refractivity (Wildman–Crippen MR) is 120 cm³/mol. The summed E-state index contributed by atoms with van der Waals surface area (Å²) in [4.78, 5) is 12.6. The third-order valence-corrected chi connectivity index (χ3v) is 10.4. The van der Waals surface area contributed by atoms with Crippen LogP contribution >= 0.6 is 0 Å². The normalized spacial score (nSPS) is 49.5. The molecule has 0 amide bonds. The highest BCUT2D eigenvalue weighted by Gasteiger charge is 2.61. The molecule has 1 aliphatic heterocycles. The lowest BCUT2D eigenvalue weighted by molar-refractivity contribution is -0.195. The number of carbonyl (C=O) groups is 1. The summed E-state index contributed by atoms with van der Waals surface area (Å²) in [5, 5.41) is 10.1. The third kappa shape index (κ3) is 3.56. The summed E-state index contributed by atoms with van der Waals surface area (Å²) in [5.41, 5.74) is 1.98. The zero-order valence-electron chi connectivity index (χ0n) is 19.8. The number of ether oxygens (including phenoxy) is 2. The van der Waals surface area contributed by atoms with Crippen molar-refractivity contribution in [3.8, 4) is 0 Å². The first-order chi connectivity index (χ1) is 14.9. The van der Waals surface area contributed by atoms with E-state index in [-0.39, 0.29) is 35.6 Å². The minimum atomic E-state index is 0.00727. The van der Waals surface area contributed by atoms with Gasteiger partial charge >= 0.3 is 0 Å². The van der Waals surface area contributed by atoms with Crippen molar-refractivity contribution in [1.29, 1.82) is 0 Å². The molecule has 0 aromatic rings. The van der Waals surface area contributed by atoms with Crippen molar-refractivity contribution >= 4 is 5.78 Å². The van der Waals surface area contributed by atoms with Crippen molar-refractivity contribution in [2.75, 3.05) is 13.2 Å². The van der Waals surface area contributed by atoms with Crippen molar-refractivity contribution < 1.29 is 19.4 Å². The average Bonchev–Trinajstić information content (AvgIpc) is 3.07. The molecule has 4 fully saturated rings. The Balaban J connectivity index is 1.34. The molecular formula is C27H42O4. The van der Waals surface area contributed by atoms with Gasteiger partial charge in [-0.3, -0.25) is 4.79 Å². The van der Waals surface area contributed by atoms with Gasteiger partial charge in [0.25, 0.3) is 0 Å². The Bertz CT molecular complexity index is 725. The molecular weight excluding hydrogens is 388 g/mol. The Kier molecular flexibility index (Phi) is 5.88. The van der Waals surface area contributed by atoms with E-state index >= 15 is 0 Å². The summed E-state index contributed by atoms with van der Waals surface area (Å²) in [7, 11) is 0. The van der Waals surface area contributed by atoms with E-state index < -0.39 is 0 Å². The van der Waals surface area contributed by atoms with E-state index in [2.05, 4.69) is 19.9 Å². The number of hydrogen-bond acceptors (Lipinski definition) is 4. The lowest BCUT2D eigenvalue weighted by atomic mass is 9.47. The molecule has 1 saturated heterocycles. The van der Waals surface area contributed by atoms with Crippen molar-refractivity contribution in [2.24, 2.45) is 40.4 Å². The molecule has 0 bridgehead atoms. The molecule has 5 rings (SSSR count). The minimum absolute atomic E-state index is 0.00727. The minimum Gasteiger partial charge on any atom is -0.396 e. The van der Waals surface area contributed by atoms with Gasteiger partial charge in [0.15, 0.2) is 6.29 Å².